The van der Waals surface area contributed by atoms with Crippen LogP contribution < -0.4 is 0 Å². The van der Waals surface area contributed by atoms with Gasteiger partial charge < -0.3 is 14.4 Å². The summed E-state index contributed by atoms with van der Waals surface area (Å²) >= 11 is 1.45. The van der Waals surface area contributed by atoms with E-state index in [1.165, 1.54) is 11.3 Å². The van der Waals surface area contributed by atoms with Gasteiger partial charge in [0.15, 0.2) is 5.69 Å². The van der Waals surface area contributed by atoms with Gasteiger partial charge in [0.1, 0.15) is 11.1 Å². The number of thiazole rings is 1. The fourth-order valence-corrected chi connectivity index (χ4v) is 2.49. The standard InChI is InChI=1S/C11H16N2O3S/c1-3-15-11(14)8-7-17-10(12-8)9-6-13(2)4-5-16-9/h7,9H,3-6H2,1-2H3. The Morgan fingerprint density at radius 1 is 1.76 bits per heavy atom. The van der Waals surface area contributed by atoms with E-state index < -0.39 is 0 Å². The Balaban J connectivity index is 2.04. The van der Waals surface area contributed by atoms with Crippen LogP contribution in [0.25, 0.3) is 0 Å². The van der Waals surface area contributed by atoms with Crippen LogP contribution in [0.1, 0.15) is 28.5 Å². The summed E-state index contributed by atoms with van der Waals surface area (Å²) in [5, 5.41) is 2.57. The lowest BCUT2D eigenvalue weighted by Gasteiger charge is -2.28. The summed E-state index contributed by atoms with van der Waals surface area (Å²) in [4.78, 5) is 17.9. The lowest BCUT2D eigenvalue weighted by molar-refractivity contribution is -0.0210. The number of esters is 1. The number of nitrogens with zero attached hydrogens (tertiary/aromatic N) is 2. The van der Waals surface area contributed by atoms with Gasteiger partial charge in [0.2, 0.25) is 0 Å². The van der Waals surface area contributed by atoms with Gasteiger partial charge in [-0.15, -0.1) is 11.3 Å². The van der Waals surface area contributed by atoms with E-state index in [4.69, 9.17) is 9.47 Å². The first-order valence-electron chi connectivity index (χ1n) is 5.63. The number of carbonyl (C=O) groups is 1. The number of hydrogen-bond donors (Lipinski definition) is 0. The summed E-state index contributed by atoms with van der Waals surface area (Å²) in [6.45, 7) is 4.61. The molecule has 0 N–H and O–H groups in total. The molecule has 5 nitrogen and oxygen atoms in total. The van der Waals surface area contributed by atoms with Crippen LogP contribution in [0.3, 0.4) is 0 Å². The molecule has 1 aliphatic rings. The van der Waals surface area contributed by atoms with Gasteiger partial charge in [-0.2, -0.15) is 0 Å². The van der Waals surface area contributed by atoms with Crippen molar-refractivity contribution < 1.29 is 14.3 Å². The lowest BCUT2D eigenvalue weighted by Crippen LogP contribution is -2.35. The minimum absolute atomic E-state index is 0.0260. The van der Waals surface area contributed by atoms with Crippen molar-refractivity contribution in [2.75, 3.05) is 33.4 Å². The molecule has 1 fully saturated rings. The molecule has 6 heteroatoms. The second-order valence-electron chi connectivity index (χ2n) is 3.91. The molecule has 0 aliphatic carbocycles. The first kappa shape index (κ1) is 12.5. The molecule has 94 valence electrons. The van der Waals surface area contributed by atoms with Crippen LogP contribution in [0, 0.1) is 0 Å². The topological polar surface area (TPSA) is 51.7 Å². The Kier molecular flexibility index (Phi) is 4.09. The van der Waals surface area contributed by atoms with Gasteiger partial charge in [0.25, 0.3) is 0 Å². The number of carbonyl (C=O) groups excluding carboxylic acids is 1. The third-order valence-electron chi connectivity index (χ3n) is 2.55. The van der Waals surface area contributed by atoms with E-state index in [-0.39, 0.29) is 12.1 Å². The highest BCUT2D eigenvalue weighted by Crippen LogP contribution is 2.24. The highest BCUT2D eigenvalue weighted by atomic mass is 32.1. The monoisotopic (exact) mass is 256 g/mol. The fraction of sp³-hybridized carbons (Fsp3) is 0.636. The van der Waals surface area contributed by atoms with Crippen LogP contribution in [0.2, 0.25) is 0 Å². The van der Waals surface area contributed by atoms with Gasteiger partial charge in [-0.3, -0.25) is 0 Å². The van der Waals surface area contributed by atoms with Gasteiger partial charge in [0.05, 0.1) is 13.2 Å². The van der Waals surface area contributed by atoms with Gasteiger partial charge in [-0.1, -0.05) is 0 Å². The summed E-state index contributed by atoms with van der Waals surface area (Å²) in [5.74, 6) is -0.362. The highest BCUT2D eigenvalue weighted by Gasteiger charge is 2.23. The number of likely N-dealkylation sites (N-methyl/N-ethyl adjacent to an activating group) is 1. The molecule has 1 aromatic rings. The molecule has 1 unspecified atom stereocenters. The van der Waals surface area contributed by atoms with Crippen LogP contribution in [-0.2, 0) is 9.47 Å². The Labute approximate surface area is 104 Å². The van der Waals surface area contributed by atoms with E-state index >= 15 is 0 Å². The predicted octanol–water partition coefficient (Wildman–Crippen LogP) is 1.32. The molecule has 0 saturated carbocycles. The maximum atomic E-state index is 11.5. The minimum atomic E-state index is -0.362. The zero-order valence-corrected chi connectivity index (χ0v) is 10.8. The smallest absolute Gasteiger partial charge is 0.357 e. The van der Waals surface area contributed by atoms with E-state index in [9.17, 15) is 4.79 Å². The third-order valence-corrected chi connectivity index (χ3v) is 3.49. The average Bonchev–Trinajstić information content (AvgIpc) is 2.78. The van der Waals surface area contributed by atoms with Crippen molar-refractivity contribution in [3.63, 3.8) is 0 Å². The van der Waals surface area contributed by atoms with E-state index in [2.05, 4.69) is 16.9 Å². The summed E-state index contributed by atoms with van der Waals surface area (Å²) in [6, 6.07) is 0. The first-order valence-corrected chi connectivity index (χ1v) is 6.51. The van der Waals surface area contributed by atoms with Crippen molar-refractivity contribution in [1.82, 2.24) is 9.88 Å². The molecule has 2 rings (SSSR count). The van der Waals surface area contributed by atoms with Crippen LogP contribution in [0.15, 0.2) is 5.38 Å². The zero-order chi connectivity index (χ0) is 12.3. The van der Waals surface area contributed by atoms with E-state index in [1.807, 2.05) is 0 Å². The molecule has 1 aliphatic heterocycles. The molecule has 0 amide bonds. The van der Waals surface area contributed by atoms with Crippen molar-refractivity contribution in [3.05, 3.63) is 16.1 Å². The predicted molar refractivity (Wildman–Crippen MR) is 64.3 cm³/mol. The lowest BCUT2D eigenvalue weighted by atomic mass is 10.3. The fourth-order valence-electron chi connectivity index (χ4n) is 1.66. The molecular formula is C11H16N2O3S. The molecule has 0 bridgehead atoms. The molecule has 1 atom stereocenters. The highest BCUT2D eigenvalue weighted by molar-refractivity contribution is 7.09. The van der Waals surface area contributed by atoms with E-state index in [0.29, 0.717) is 18.9 Å². The van der Waals surface area contributed by atoms with E-state index in [1.54, 1.807) is 12.3 Å². The van der Waals surface area contributed by atoms with Crippen molar-refractivity contribution in [1.29, 1.82) is 0 Å². The second kappa shape index (κ2) is 5.57. The maximum absolute atomic E-state index is 11.5. The second-order valence-corrected chi connectivity index (χ2v) is 4.80. The van der Waals surface area contributed by atoms with Crippen molar-refractivity contribution in [3.8, 4) is 0 Å². The Morgan fingerprint density at radius 2 is 2.59 bits per heavy atom. The maximum Gasteiger partial charge on any atom is 0.357 e. The summed E-state index contributed by atoms with van der Waals surface area (Å²) in [6.07, 6.45) is -0.0260. The Morgan fingerprint density at radius 3 is 3.29 bits per heavy atom. The van der Waals surface area contributed by atoms with Crippen LogP contribution >= 0.6 is 11.3 Å². The van der Waals surface area contributed by atoms with Gasteiger partial charge in [-0.05, 0) is 14.0 Å². The molecule has 17 heavy (non-hydrogen) atoms. The number of morpholine rings is 1. The summed E-state index contributed by atoms with van der Waals surface area (Å²) in [5.41, 5.74) is 0.378. The van der Waals surface area contributed by atoms with Crippen LogP contribution in [0.4, 0.5) is 0 Å². The molecule has 2 heterocycles. The summed E-state index contributed by atoms with van der Waals surface area (Å²) < 4.78 is 10.5. The van der Waals surface area contributed by atoms with Gasteiger partial charge in [-0.25, -0.2) is 9.78 Å². The largest absolute Gasteiger partial charge is 0.461 e. The van der Waals surface area contributed by atoms with Crippen LogP contribution in [0.5, 0.6) is 0 Å². The number of hydrogen-bond acceptors (Lipinski definition) is 6. The first-order chi connectivity index (χ1) is 8.20. The quantitative estimate of drug-likeness (QED) is 0.763. The molecule has 1 aromatic heterocycles. The molecule has 0 aromatic carbocycles. The number of ether oxygens (including phenoxy) is 2. The van der Waals surface area contributed by atoms with Crippen molar-refractivity contribution in [2.45, 2.75) is 13.0 Å². The Bertz CT molecular complexity index is 394. The SMILES string of the molecule is CCOC(=O)c1csc(C2CN(C)CCO2)n1. The van der Waals surface area contributed by atoms with Crippen molar-refractivity contribution >= 4 is 17.3 Å². The zero-order valence-electron chi connectivity index (χ0n) is 10.0. The van der Waals surface area contributed by atoms with Gasteiger partial charge in [0, 0.05) is 18.5 Å². The minimum Gasteiger partial charge on any atom is -0.461 e. The number of rotatable bonds is 3. The molecule has 0 spiro atoms. The Hall–Kier alpha value is -0.980. The molecule has 0 radical (unpaired) electrons. The van der Waals surface area contributed by atoms with Crippen molar-refractivity contribution in [2.24, 2.45) is 0 Å². The average molecular weight is 256 g/mol. The molecular weight excluding hydrogens is 240 g/mol. The molecule has 1 saturated heterocycles. The number of aromatic nitrogens is 1. The third kappa shape index (κ3) is 3.02. The van der Waals surface area contributed by atoms with Gasteiger partial charge >= 0.3 is 5.97 Å². The summed E-state index contributed by atoms with van der Waals surface area (Å²) in [7, 11) is 2.05. The van der Waals surface area contributed by atoms with E-state index in [0.717, 1.165) is 18.1 Å². The van der Waals surface area contributed by atoms with Crippen LogP contribution in [-0.4, -0.2) is 49.2 Å². The normalized spacial score (nSPS) is 21.4.